The van der Waals surface area contributed by atoms with E-state index in [1.54, 1.807) is 4.68 Å². The van der Waals surface area contributed by atoms with E-state index in [1.165, 1.54) is 0 Å². The third-order valence-electron chi connectivity index (χ3n) is 5.98. The number of carbonyl (C=O) groups is 1. The number of primary amides is 1. The smallest absolute Gasteiger partial charge is 0.254 e. The van der Waals surface area contributed by atoms with Gasteiger partial charge in [-0.25, -0.2) is 4.68 Å². The Bertz CT molecular complexity index is 1050. The Morgan fingerprint density at radius 3 is 2.31 bits per heavy atom. The number of aromatic nitrogens is 2. The first-order valence-electron chi connectivity index (χ1n) is 9.77. The van der Waals surface area contributed by atoms with Gasteiger partial charge in [-0.15, -0.1) is 0 Å². The molecule has 7 nitrogen and oxygen atoms in total. The molecule has 1 spiro atoms. The summed E-state index contributed by atoms with van der Waals surface area (Å²) in [6.07, 6.45) is 2.04. The molecule has 1 aliphatic heterocycles. The molecule has 148 valence electrons. The lowest BCUT2D eigenvalue weighted by Crippen LogP contribution is -2.60. The molecule has 1 aromatic heterocycles. The molecule has 2 fully saturated rings. The summed E-state index contributed by atoms with van der Waals surface area (Å²) in [5.74, 6) is 1.25. The van der Waals surface area contributed by atoms with Gasteiger partial charge in [-0.1, -0.05) is 18.2 Å². The van der Waals surface area contributed by atoms with Gasteiger partial charge >= 0.3 is 0 Å². The number of nitrogens with two attached hydrogens (primary N) is 2. The molecule has 7 heteroatoms. The van der Waals surface area contributed by atoms with E-state index in [1.807, 2.05) is 54.6 Å². The number of carbonyl (C=O) groups excluding carboxylic acids is 1. The second-order valence-corrected chi connectivity index (χ2v) is 8.02. The minimum absolute atomic E-state index is 0.213. The highest BCUT2D eigenvalue weighted by Gasteiger charge is 2.50. The van der Waals surface area contributed by atoms with Crippen LogP contribution in [0.4, 0.5) is 5.82 Å². The third kappa shape index (κ3) is 3.03. The first-order valence-corrected chi connectivity index (χ1v) is 9.77. The van der Waals surface area contributed by atoms with Crippen molar-refractivity contribution in [2.45, 2.75) is 18.9 Å². The van der Waals surface area contributed by atoms with Gasteiger partial charge in [0.25, 0.3) is 5.91 Å². The molecule has 1 amide bonds. The lowest BCUT2D eigenvalue weighted by atomic mass is 9.62. The van der Waals surface area contributed by atoms with E-state index in [9.17, 15) is 4.79 Å². The van der Waals surface area contributed by atoms with Gasteiger partial charge in [-0.3, -0.25) is 4.79 Å². The van der Waals surface area contributed by atoms with E-state index in [-0.39, 0.29) is 11.6 Å². The minimum atomic E-state index is -0.562. The van der Waals surface area contributed by atoms with Gasteiger partial charge in [0, 0.05) is 18.7 Å². The van der Waals surface area contributed by atoms with E-state index < -0.39 is 5.91 Å². The van der Waals surface area contributed by atoms with Crippen LogP contribution in [-0.4, -0.2) is 28.8 Å². The minimum Gasteiger partial charge on any atom is -0.457 e. The highest BCUT2D eigenvalue weighted by molar-refractivity contribution is 6.03. The van der Waals surface area contributed by atoms with Gasteiger partial charge < -0.3 is 21.5 Å². The lowest BCUT2D eigenvalue weighted by Gasteiger charge is -2.54. The van der Waals surface area contributed by atoms with E-state index in [4.69, 9.17) is 21.3 Å². The van der Waals surface area contributed by atoms with E-state index in [2.05, 4.69) is 5.32 Å². The highest BCUT2D eigenvalue weighted by Crippen LogP contribution is 2.52. The number of nitrogens with zero attached hydrogens (tertiary/aromatic N) is 2. The van der Waals surface area contributed by atoms with Crippen LogP contribution in [-0.2, 0) is 0 Å². The average molecular weight is 389 g/mol. The molecule has 5 N–H and O–H groups in total. The van der Waals surface area contributed by atoms with Gasteiger partial charge in [-0.2, -0.15) is 5.10 Å². The predicted octanol–water partition coefficient (Wildman–Crippen LogP) is 2.95. The number of hydrogen-bond acceptors (Lipinski definition) is 5. The molecular formula is C22H23N5O2. The maximum absolute atomic E-state index is 12.1. The van der Waals surface area contributed by atoms with Crippen molar-refractivity contribution in [3.8, 4) is 22.8 Å². The summed E-state index contributed by atoms with van der Waals surface area (Å²) in [6, 6.07) is 17.2. The zero-order valence-electron chi connectivity index (χ0n) is 16.0. The molecule has 1 saturated carbocycles. The second kappa shape index (κ2) is 6.63. The number of rotatable bonds is 5. The van der Waals surface area contributed by atoms with Crippen LogP contribution in [0.3, 0.4) is 0 Å². The van der Waals surface area contributed by atoms with Gasteiger partial charge in [0.1, 0.15) is 28.6 Å². The zero-order chi connectivity index (χ0) is 20.0. The van der Waals surface area contributed by atoms with E-state index in [0.29, 0.717) is 22.7 Å². The number of amides is 1. The van der Waals surface area contributed by atoms with Crippen molar-refractivity contribution in [2.75, 3.05) is 18.8 Å². The summed E-state index contributed by atoms with van der Waals surface area (Å²) in [5, 5.41) is 8.02. The molecule has 0 radical (unpaired) electrons. The summed E-state index contributed by atoms with van der Waals surface area (Å²) in [6.45, 7) is 2.09. The Hall–Kier alpha value is -3.32. The molecule has 5 rings (SSSR count). The van der Waals surface area contributed by atoms with Crippen molar-refractivity contribution in [3.63, 3.8) is 0 Å². The van der Waals surface area contributed by atoms with Crippen LogP contribution in [0.2, 0.25) is 0 Å². The van der Waals surface area contributed by atoms with E-state index in [0.717, 1.165) is 37.2 Å². The standard InChI is InChI=1S/C22H23N5O2/c23-20-18(21(24)28)19(26-27(20)15-10-22(11-15)12-25-13-22)14-6-8-17(9-7-14)29-16-4-2-1-3-5-16/h1-9,15,25H,10-13,23H2,(H2,24,28). The molecule has 0 atom stereocenters. The van der Waals surface area contributed by atoms with Crippen molar-refractivity contribution in [1.82, 2.24) is 15.1 Å². The number of nitrogen functional groups attached to an aromatic ring is 1. The van der Waals surface area contributed by atoms with Crippen LogP contribution in [0.5, 0.6) is 11.5 Å². The molecule has 2 heterocycles. The van der Waals surface area contributed by atoms with Crippen LogP contribution in [0.15, 0.2) is 54.6 Å². The van der Waals surface area contributed by atoms with Crippen LogP contribution in [0.25, 0.3) is 11.3 Å². The van der Waals surface area contributed by atoms with Gasteiger partial charge in [0.15, 0.2) is 0 Å². The average Bonchev–Trinajstić information content (AvgIpc) is 2.98. The van der Waals surface area contributed by atoms with Crippen LogP contribution < -0.4 is 21.5 Å². The summed E-state index contributed by atoms with van der Waals surface area (Å²) in [5.41, 5.74) is 13.9. The Morgan fingerprint density at radius 2 is 1.72 bits per heavy atom. The summed E-state index contributed by atoms with van der Waals surface area (Å²) >= 11 is 0. The number of para-hydroxylation sites is 1. The molecule has 2 aliphatic rings. The number of hydrogen-bond donors (Lipinski definition) is 3. The molecule has 29 heavy (non-hydrogen) atoms. The molecule has 2 aromatic carbocycles. The topological polar surface area (TPSA) is 108 Å². The monoisotopic (exact) mass is 389 g/mol. The molecule has 0 unspecified atom stereocenters. The Morgan fingerprint density at radius 1 is 1.07 bits per heavy atom. The van der Waals surface area contributed by atoms with E-state index >= 15 is 0 Å². The quantitative estimate of drug-likeness (QED) is 0.622. The largest absolute Gasteiger partial charge is 0.457 e. The predicted molar refractivity (Wildman–Crippen MR) is 111 cm³/mol. The van der Waals surface area contributed by atoms with Crippen LogP contribution in [0.1, 0.15) is 29.2 Å². The number of nitrogens with one attached hydrogen (secondary N) is 1. The first kappa shape index (κ1) is 17.8. The van der Waals surface area contributed by atoms with Crippen molar-refractivity contribution < 1.29 is 9.53 Å². The van der Waals surface area contributed by atoms with Crippen molar-refractivity contribution >= 4 is 11.7 Å². The first-order chi connectivity index (χ1) is 14.0. The van der Waals surface area contributed by atoms with Gasteiger partial charge in [0.05, 0.1) is 6.04 Å². The van der Waals surface area contributed by atoms with Crippen LogP contribution >= 0.6 is 0 Å². The fraction of sp³-hybridized carbons (Fsp3) is 0.273. The summed E-state index contributed by atoms with van der Waals surface area (Å²) in [4.78, 5) is 12.1. The lowest BCUT2D eigenvalue weighted by molar-refractivity contribution is 0.00345. The van der Waals surface area contributed by atoms with Crippen molar-refractivity contribution in [2.24, 2.45) is 11.1 Å². The zero-order valence-corrected chi connectivity index (χ0v) is 16.0. The third-order valence-corrected chi connectivity index (χ3v) is 5.98. The van der Waals surface area contributed by atoms with Gasteiger partial charge in [-0.05, 0) is 54.7 Å². The Kier molecular flexibility index (Phi) is 4.06. The van der Waals surface area contributed by atoms with Crippen LogP contribution in [0, 0.1) is 5.41 Å². The molecule has 1 aliphatic carbocycles. The summed E-state index contributed by atoms with van der Waals surface area (Å²) in [7, 11) is 0. The summed E-state index contributed by atoms with van der Waals surface area (Å²) < 4.78 is 7.62. The maximum Gasteiger partial charge on any atom is 0.254 e. The SMILES string of the molecule is NC(=O)c1c(-c2ccc(Oc3ccccc3)cc2)nn(C2CC3(CNC3)C2)c1N. The maximum atomic E-state index is 12.1. The molecule has 1 saturated heterocycles. The Labute approximate surface area is 168 Å². The number of anilines is 1. The number of benzene rings is 2. The Balaban J connectivity index is 1.42. The normalized spacial score (nSPS) is 17.5. The highest BCUT2D eigenvalue weighted by atomic mass is 16.5. The molecule has 0 bridgehead atoms. The second-order valence-electron chi connectivity index (χ2n) is 8.02. The molecular weight excluding hydrogens is 366 g/mol. The number of ether oxygens (including phenoxy) is 1. The van der Waals surface area contributed by atoms with Crippen molar-refractivity contribution in [1.29, 1.82) is 0 Å². The van der Waals surface area contributed by atoms with Gasteiger partial charge in [0.2, 0.25) is 0 Å². The fourth-order valence-electron chi connectivity index (χ4n) is 4.36. The fourth-order valence-corrected chi connectivity index (χ4v) is 4.36. The van der Waals surface area contributed by atoms with Crippen molar-refractivity contribution in [3.05, 3.63) is 60.2 Å². The molecule has 3 aromatic rings.